The monoisotopic (exact) mass is 249 g/mol. The lowest BCUT2D eigenvalue weighted by molar-refractivity contribution is -0.250. The minimum Gasteiger partial charge on any atom is -0.461 e. The topological polar surface area (TPSA) is 49.8 Å². The molecular weight excluding hydrogens is 232 g/mol. The summed E-state index contributed by atoms with van der Waals surface area (Å²) in [5.74, 6) is -5.96. The first kappa shape index (κ1) is 12.7. The van der Waals surface area contributed by atoms with Gasteiger partial charge in [0.25, 0.3) is 0 Å². The molecule has 0 aromatic carbocycles. The van der Waals surface area contributed by atoms with Crippen molar-refractivity contribution in [1.29, 1.82) is 0 Å². The average molecular weight is 249 g/mol. The number of aliphatic hydroxyl groups is 1. The molecule has 4 nitrogen and oxygen atoms in total. The number of alkyl halides is 2. The van der Waals surface area contributed by atoms with Gasteiger partial charge in [-0.3, -0.25) is 0 Å². The summed E-state index contributed by atoms with van der Waals surface area (Å²) in [5.41, 5.74) is -2.27. The predicted molar refractivity (Wildman–Crippen MR) is 55.7 cm³/mol. The smallest absolute Gasteiger partial charge is 0.380 e. The highest BCUT2D eigenvalue weighted by molar-refractivity contribution is 5.79. The molecule has 0 spiro atoms. The Morgan fingerprint density at radius 2 is 2.12 bits per heavy atom. The fraction of sp³-hybridized carbons (Fsp3) is 0.909. The second-order valence-electron chi connectivity index (χ2n) is 4.77. The summed E-state index contributed by atoms with van der Waals surface area (Å²) >= 11 is 0. The molecule has 0 amide bonds. The van der Waals surface area contributed by atoms with Gasteiger partial charge in [0.2, 0.25) is 0 Å². The van der Waals surface area contributed by atoms with Gasteiger partial charge in [0, 0.05) is 6.54 Å². The number of hydrogen-bond donors (Lipinski definition) is 1. The fourth-order valence-corrected chi connectivity index (χ4v) is 2.79. The van der Waals surface area contributed by atoms with Crippen LogP contribution in [0.4, 0.5) is 8.78 Å². The highest BCUT2D eigenvalue weighted by Gasteiger charge is 2.65. The molecule has 0 saturated carbocycles. The number of halogens is 2. The summed E-state index contributed by atoms with van der Waals surface area (Å²) in [6.07, 6.45) is 1.01. The van der Waals surface area contributed by atoms with Crippen molar-refractivity contribution >= 4 is 5.97 Å². The molecule has 1 N–H and O–H groups in total. The molecule has 3 aliphatic rings. The van der Waals surface area contributed by atoms with Gasteiger partial charge in [-0.05, 0) is 38.8 Å². The second-order valence-corrected chi connectivity index (χ2v) is 4.77. The van der Waals surface area contributed by atoms with Crippen LogP contribution in [0.1, 0.15) is 19.8 Å². The van der Waals surface area contributed by atoms with Crippen LogP contribution in [0.2, 0.25) is 0 Å². The van der Waals surface area contributed by atoms with E-state index in [1.165, 1.54) is 6.92 Å². The Morgan fingerprint density at radius 1 is 1.53 bits per heavy atom. The van der Waals surface area contributed by atoms with E-state index >= 15 is 0 Å². The minimum atomic E-state index is -3.83. The number of esters is 1. The lowest BCUT2D eigenvalue weighted by Crippen LogP contribution is -2.69. The van der Waals surface area contributed by atoms with Gasteiger partial charge in [0.15, 0.2) is 5.60 Å². The lowest BCUT2D eigenvalue weighted by atomic mass is 9.72. The Bertz CT molecular complexity index is 316. The summed E-state index contributed by atoms with van der Waals surface area (Å²) in [7, 11) is 0. The van der Waals surface area contributed by atoms with E-state index in [2.05, 4.69) is 4.74 Å². The highest BCUT2D eigenvalue weighted by atomic mass is 19.3. The fourth-order valence-electron chi connectivity index (χ4n) is 2.79. The molecule has 2 bridgehead atoms. The van der Waals surface area contributed by atoms with Crippen molar-refractivity contribution in [1.82, 2.24) is 4.90 Å². The number of ether oxygens (including phenoxy) is 1. The van der Waals surface area contributed by atoms with E-state index in [0.717, 1.165) is 0 Å². The first-order chi connectivity index (χ1) is 7.91. The number of rotatable bonds is 3. The zero-order chi connectivity index (χ0) is 12.7. The number of hydrogen-bond acceptors (Lipinski definition) is 4. The van der Waals surface area contributed by atoms with E-state index in [4.69, 9.17) is 0 Å². The Kier molecular flexibility index (Phi) is 3.12. The van der Waals surface area contributed by atoms with Gasteiger partial charge in [-0.15, -0.1) is 0 Å². The minimum absolute atomic E-state index is 0.112. The third kappa shape index (κ3) is 1.83. The Balaban J connectivity index is 2.22. The first-order valence-electron chi connectivity index (χ1n) is 5.91. The van der Waals surface area contributed by atoms with Crippen LogP contribution in [0.15, 0.2) is 0 Å². The number of nitrogens with zero attached hydrogens (tertiary/aromatic N) is 1. The molecule has 1 atom stereocenters. The van der Waals surface area contributed by atoms with Crippen LogP contribution in [-0.2, 0) is 9.53 Å². The number of fused-ring (bicyclic) bond motifs is 3. The van der Waals surface area contributed by atoms with Gasteiger partial charge in [0.05, 0.1) is 6.61 Å². The Labute approximate surface area is 98.5 Å². The molecule has 0 unspecified atom stereocenters. The van der Waals surface area contributed by atoms with Crippen LogP contribution in [0, 0.1) is 5.92 Å². The summed E-state index contributed by atoms with van der Waals surface area (Å²) in [6, 6.07) is 0. The van der Waals surface area contributed by atoms with Crippen LogP contribution < -0.4 is 0 Å². The maximum Gasteiger partial charge on any atom is 0.380 e. The molecule has 17 heavy (non-hydrogen) atoms. The first-order valence-corrected chi connectivity index (χ1v) is 5.91. The highest BCUT2D eigenvalue weighted by Crippen LogP contribution is 2.45. The van der Waals surface area contributed by atoms with Gasteiger partial charge in [-0.25, -0.2) is 4.79 Å². The van der Waals surface area contributed by atoms with Crippen molar-refractivity contribution in [2.24, 2.45) is 5.92 Å². The normalized spacial score (nSPS) is 36.9. The predicted octanol–water partition coefficient (Wildman–Crippen LogP) is 0.641. The van der Waals surface area contributed by atoms with E-state index in [9.17, 15) is 18.7 Å². The molecule has 3 fully saturated rings. The summed E-state index contributed by atoms with van der Waals surface area (Å²) in [6.45, 7) is 2.63. The molecule has 3 aliphatic heterocycles. The third-order valence-corrected chi connectivity index (χ3v) is 3.80. The van der Waals surface area contributed by atoms with Gasteiger partial charge in [0.1, 0.15) is 0 Å². The largest absolute Gasteiger partial charge is 0.461 e. The van der Waals surface area contributed by atoms with Crippen LogP contribution in [0.3, 0.4) is 0 Å². The lowest BCUT2D eigenvalue weighted by Gasteiger charge is -2.51. The van der Waals surface area contributed by atoms with Gasteiger partial charge >= 0.3 is 11.9 Å². The van der Waals surface area contributed by atoms with E-state index in [1.807, 2.05) is 0 Å². The Hall–Kier alpha value is -0.750. The van der Waals surface area contributed by atoms with Gasteiger partial charge in [-0.1, -0.05) is 0 Å². The maximum atomic E-state index is 14.0. The molecule has 0 radical (unpaired) electrons. The molecule has 0 aliphatic carbocycles. The quantitative estimate of drug-likeness (QED) is 0.746. The molecule has 6 heteroatoms. The summed E-state index contributed by atoms with van der Waals surface area (Å²) < 4.78 is 32.3. The summed E-state index contributed by atoms with van der Waals surface area (Å²) in [5, 5.41) is 10.2. The average Bonchev–Trinajstić information content (AvgIpc) is 2.30. The van der Waals surface area contributed by atoms with Crippen molar-refractivity contribution in [3.05, 3.63) is 0 Å². The summed E-state index contributed by atoms with van der Waals surface area (Å²) in [4.78, 5) is 13.1. The van der Waals surface area contributed by atoms with Crippen molar-refractivity contribution in [3.8, 4) is 0 Å². The van der Waals surface area contributed by atoms with E-state index < -0.39 is 23.4 Å². The molecule has 3 saturated heterocycles. The zero-order valence-corrected chi connectivity index (χ0v) is 9.79. The van der Waals surface area contributed by atoms with Crippen molar-refractivity contribution < 1.29 is 23.4 Å². The number of carbonyl (C=O) groups excluding carboxylic acids is 1. The van der Waals surface area contributed by atoms with Crippen molar-refractivity contribution in [2.75, 3.05) is 26.2 Å². The zero-order valence-electron chi connectivity index (χ0n) is 9.79. The van der Waals surface area contributed by atoms with Crippen LogP contribution in [-0.4, -0.2) is 53.7 Å². The molecule has 0 aromatic heterocycles. The number of carbonyl (C=O) groups is 1. The van der Waals surface area contributed by atoms with Crippen molar-refractivity contribution in [2.45, 2.75) is 31.3 Å². The molecular formula is C11H17F2NO3. The second kappa shape index (κ2) is 4.17. The SMILES string of the molecule is CCOC(=O)C(F)(F)[C@@]1(O)CN2CCC1CC2. The van der Waals surface area contributed by atoms with E-state index in [0.29, 0.717) is 25.9 Å². The van der Waals surface area contributed by atoms with E-state index in [-0.39, 0.29) is 13.2 Å². The maximum absolute atomic E-state index is 14.0. The standard InChI is InChI=1S/C11H17F2NO3/c1-2-17-9(15)11(12,13)10(16)7-14-5-3-8(10)4-6-14/h8,16H,2-7H2,1H3/t10-/m1/s1. The van der Waals surface area contributed by atoms with E-state index in [1.54, 1.807) is 4.90 Å². The van der Waals surface area contributed by atoms with Gasteiger partial charge < -0.3 is 14.7 Å². The number of piperidine rings is 3. The van der Waals surface area contributed by atoms with Crippen LogP contribution >= 0.6 is 0 Å². The van der Waals surface area contributed by atoms with Gasteiger partial charge in [-0.2, -0.15) is 8.78 Å². The Morgan fingerprint density at radius 3 is 2.53 bits per heavy atom. The molecule has 3 rings (SSSR count). The third-order valence-electron chi connectivity index (χ3n) is 3.80. The molecule has 0 aromatic rings. The molecule has 98 valence electrons. The van der Waals surface area contributed by atoms with Crippen LogP contribution in [0.5, 0.6) is 0 Å². The van der Waals surface area contributed by atoms with Crippen molar-refractivity contribution in [3.63, 3.8) is 0 Å². The molecule has 3 heterocycles. The van der Waals surface area contributed by atoms with Crippen LogP contribution in [0.25, 0.3) is 0 Å².